The molecule has 1 aromatic heterocycles. The summed E-state index contributed by atoms with van der Waals surface area (Å²) in [5.74, 6) is 2.26. The summed E-state index contributed by atoms with van der Waals surface area (Å²) >= 11 is 1.45. The van der Waals surface area contributed by atoms with Gasteiger partial charge in [0.05, 0.1) is 46.4 Å². The highest BCUT2D eigenvalue weighted by Gasteiger charge is 2.17. The molecule has 0 atom stereocenters. The Hall–Kier alpha value is -3.72. The zero-order valence-corrected chi connectivity index (χ0v) is 21.5. The molecule has 2 aromatic carbocycles. The largest absolute Gasteiger partial charge is 0.507 e. The van der Waals surface area contributed by atoms with Gasteiger partial charge in [-0.25, -0.2) is 4.68 Å². The van der Waals surface area contributed by atoms with E-state index in [4.69, 9.17) is 18.9 Å². The lowest BCUT2D eigenvalue weighted by Gasteiger charge is -2.14. The van der Waals surface area contributed by atoms with Crippen molar-refractivity contribution in [2.45, 2.75) is 20.3 Å². The van der Waals surface area contributed by atoms with Crippen molar-refractivity contribution < 1.29 is 24.1 Å². The summed E-state index contributed by atoms with van der Waals surface area (Å²) in [5, 5.41) is 17.1. The molecule has 0 saturated heterocycles. The van der Waals surface area contributed by atoms with E-state index in [9.17, 15) is 5.11 Å². The Labute approximate surface area is 209 Å². The molecule has 35 heavy (non-hydrogen) atoms. The normalized spacial score (nSPS) is 11.6. The van der Waals surface area contributed by atoms with Crippen LogP contribution in [-0.4, -0.2) is 50.5 Å². The number of methoxy groups -OCH3 is 3. The Morgan fingerprint density at radius 1 is 1.11 bits per heavy atom. The van der Waals surface area contributed by atoms with Gasteiger partial charge in [-0.3, -0.25) is 4.99 Å². The molecule has 1 heterocycles. The molecular formula is C26H31N3O5S. The first-order valence-electron chi connectivity index (χ1n) is 11.1. The molecule has 0 aliphatic heterocycles. The van der Waals surface area contributed by atoms with Crippen LogP contribution in [0.25, 0.3) is 11.3 Å². The molecule has 0 amide bonds. The van der Waals surface area contributed by atoms with E-state index in [-0.39, 0.29) is 5.75 Å². The molecular weight excluding hydrogens is 466 g/mol. The van der Waals surface area contributed by atoms with Crippen molar-refractivity contribution in [3.63, 3.8) is 0 Å². The number of thiazole rings is 1. The van der Waals surface area contributed by atoms with Crippen LogP contribution in [0.5, 0.6) is 28.7 Å². The van der Waals surface area contributed by atoms with E-state index in [1.807, 2.05) is 37.4 Å². The molecule has 9 heteroatoms. The number of aromatic hydroxyl groups is 1. The third-order valence-corrected chi connectivity index (χ3v) is 5.77. The molecule has 0 aliphatic rings. The van der Waals surface area contributed by atoms with Crippen LogP contribution in [0, 0.1) is 0 Å². The number of ether oxygens (including phenoxy) is 4. The highest BCUT2D eigenvalue weighted by molar-refractivity contribution is 7.07. The summed E-state index contributed by atoms with van der Waals surface area (Å²) in [4.78, 5) is 5.33. The standard InChI is InChI=1S/C26H31N3O5S/c1-7-10-34-20-9-8-18(22(30)13-20)15-28-29-21(16-35-26(29)27-14-17(2)3)19-11-23(31-4)25(33-6)24(12-19)32-5/h8-9,11-13,15-16,30H,2,7,10,14H2,1,3-6H3. The first kappa shape index (κ1) is 25.9. The molecule has 3 rings (SSSR count). The van der Waals surface area contributed by atoms with Crippen LogP contribution in [0.4, 0.5) is 0 Å². The van der Waals surface area contributed by atoms with Crippen molar-refractivity contribution in [3.05, 3.63) is 58.2 Å². The number of hydrogen-bond acceptors (Lipinski definition) is 8. The van der Waals surface area contributed by atoms with Crippen molar-refractivity contribution in [1.29, 1.82) is 0 Å². The van der Waals surface area contributed by atoms with E-state index in [1.165, 1.54) is 11.3 Å². The molecule has 8 nitrogen and oxygen atoms in total. The molecule has 0 bridgehead atoms. The lowest BCUT2D eigenvalue weighted by atomic mass is 10.1. The van der Waals surface area contributed by atoms with E-state index in [1.54, 1.807) is 44.4 Å². The second kappa shape index (κ2) is 12.1. The minimum absolute atomic E-state index is 0.0768. The molecule has 0 fully saturated rings. The molecule has 0 unspecified atom stereocenters. The van der Waals surface area contributed by atoms with Crippen LogP contribution in [-0.2, 0) is 0 Å². The fourth-order valence-electron chi connectivity index (χ4n) is 3.21. The second-order valence-electron chi connectivity index (χ2n) is 7.72. The van der Waals surface area contributed by atoms with Crippen LogP contribution in [0.1, 0.15) is 25.8 Å². The van der Waals surface area contributed by atoms with Gasteiger partial charge in [-0.1, -0.05) is 19.1 Å². The zero-order valence-electron chi connectivity index (χ0n) is 20.7. The smallest absolute Gasteiger partial charge is 0.206 e. The van der Waals surface area contributed by atoms with E-state index >= 15 is 0 Å². The predicted molar refractivity (Wildman–Crippen MR) is 140 cm³/mol. The van der Waals surface area contributed by atoms with Crippen molar-refractivity contribution in [2.24, 2.45) is 10.1 Å². The average molecular weight is 498 g/mol. The number of aromatic nitrogens is 1. The fourth-order valence-corrected chi connectivity index (χ4v) is 4.05. The minimum atomic E-state index is 0.0768. The van der Waals surface area contributed by atoms with E-state index < -0.39 is 0 Å². The van der Waals surface area contributed by atoms with Crippen molar-refractivity contribution in [3.8, 4) is 40.0 Å². The first-order chi connectivity index (χ1) is 16.9. The third kappa shape index (κ3) is 6.24. The highest BCUT2D eigenvalue weighted by Crippen LogP contribution is 2.41. The van der Waals surface area contributed by atoms with Gasteiger partial charge in [0.15, 0.2) is 11.5 Å². The topological polar surface area (TPSA) is 86.8 Å². The number of phenolic OH excluding ortho intramolecular Hbond substituents is 1. The van der Waals surface area contributed by atoms with Crippen LogP contribution < -0.4 is 23.7 Å². The Balaban J connectivity index is 2.10. The molecule has 0 radical (unpaired) electrons. The summed E-state index contributed by atoms with van der Waals surface area (Å²) in [6.45, 7) is 8.94. The summed E-state index contributed by atoms with van der Waals surface area (Å²) in [6.07, 6.45) is 2.48. The number of rotatable bonds is 11. The van der Waals surface area contributed by atoms with Gasteiger partial charge in [0.2, 0.25) is 10.6 Å². The number of phenols is 1. The summed E-state index contributed by atoms with van der Waals surface area (Å²) in [7, 11) is 4.71. The Bertz CT molecular complexity index is 1250. The van der Waals surface area contributed by atoms with Gasteiger partial charge in [-0.05, 0) is 37.6 Å². The molecule has 3 aromatic rings. The lowest BCUT2D eigenvalue weighted by Crippen LogP contribution is -2.13. The Kier molecular flexibility index (Phi) is 8.97. The SMILES string of the molecule is C=C(C)CN=c1scc(-c2cc(OC)c(OC)c(OC)c2)n1N=Cc1ccc(OCCC)cc1O. The van der Waals surface area contributed by atoms with Gasteiger partial charge >= 0.3 is 0 Å². The quantitative estimate of drug-likeness (QED) is 0.294. The van der Waals surface area contributed by atoms with Gasteiger partial charge in [-0.15, -0.1) is 11.3 Å². The first-order valence-corrected chi connectivity index (χ1v) is 12.0. The molecule has 186 valence electrons. The monoisotopic (exact) mass is 497 g/mol. The minimum Gasteiger partial charge on any atom is -0.507 e. The van der Waals surface area contributed by atoms with Crippen LogP contribution in [0.3, 0.4) is 0 Å². The van der Waals surface area contributed by atoms with Crippen molar-refractivity contribution >= 4 is 17.6 Å². The fraction of sp³-hybridized carbons (Fsp3) is 0.308. The average Bonchev–Trinajstić information content (AvgIpc) is 3.27. The zero-order chi connectivity index (χ0) is 25.4. The maximum atomic E-state index is 10.5. The Morgan fingerprint density at radius 2 is 1.83 bits per heavy atom. The van der Waals surface area contributed by atoms with Crippen LogP contribution in [0.15, 0.2) is 58.0 Å². The van der Waals surface area contributed by atoms with E-state index in [0.717, 1.165) is 23.3 Å². The van der Waals surface area contributed by atoms with Crippen molar-refractivity contribution in [2.75, 3.05) is 34.5 Å². The van der Waals surface area contributed by atoms with Crippen molar-refractivity contribution in [1.82, 2.24) is 4.68 Å². The van der Waals surface area contributed by atoms with E-state index in [2.05, 4.69) is 16.7 Å². The van der Waals surface area contributed by atoms with E-state index in [0.29, 0.717) is 46.5 Å². The molecule has 0 aliphatic carbocycles. The summed E-state index contributed by atoms with van der Waals surface area (Å²) in [6, 6.07) is 8.87. The summed E-state index contributed by atoms with van der Waals surface area (Å²) in [5.41, 5.74) is 3.06. The maximum absolute atomic E-state index is 10.5. The van der Waals surface area contributed by atoms with Gasteiger partial charge in [0, 0.05) is 22.6 Å². The number of benzene rings is 2. The molecule has 0 spiro atoms. The van der Waals surface area contributed by atoms with Crippen LogP contribution in [0.2, 0.25) is 0 Å². The highest BCUT2D eigenvalue weighted by atomic mass is 32.1. The van der Waals surface area contributed by atoms with Gasteiger partial charge < -0.3 is 24.1 Å². The Morgan fingerprint density at radius 3 is 2.40 bits per heavy atom. The van der Waals surface area contributed by atoms with Gasteiger partial charge in [0.25, 0.3) is 0 Å². The molecule has 1 N–H and O–H groups in total. The predicted octanol–water partition coefficient (Wildman–Crippen LogP) is 5.10. The molecule has 0 saturated carbocycles. The third-order valence-electron chi connectivity index (χ3n) is 4.92. The maximum Gasteiger partial charge on any atom is 0.206 e. The lowest BCUT2D eigenvalue weighted by molar-refractivity contribution is 0.315. The second-order valence-corrected chi connectivity index (χ2v) is 8.55. The summed E-state index contributed by atoms with van der Waals surface area (Å²) < 4.78 is 23.8. The van der Waals surface area contributed by atoms with Gasteiger partial charge in [-0.2, -0.15) is 5.10 Å². The van der Waals surface area contributed by atoms with Gasteiger partial charge in [0.1, 0.15) is 11.5 Å². The van der Waals surface area contributed by atoms with Crippen LogP contribution >= 0.6 is 11.3 Å². The number of nitrogens with zero attached hydrogens (tertiary/aromatic N) is 3. The number of hydrogen-bond donors (Lipinski definition) is 1.